The fourth-order valence-electron chi connectivity index (χ4n) is 1.82. The first-order valence-corrected chi connectivity index (χ1v) is 6.12. The lowest BCUT2D eigenvalue weighted by Gasteiger charge is -2.18. The Hall–Kier alpha value is -2.21. The number of pyridine rings is 1. The van der Waals surface area contributed by atoms with Crippen LogP contribution in [0.1, 0.15) is 5.56 Å². The molecule has 2 aromatic rings. The smallest absolute Gasteiger partial charge is 0.311 e. The molecule has 0 fully saturated rings. The van der Waals surface area contributed by atoms with Crippen LogP contribution in [0, 0.1) is 15.9 Å². The zero-order chi connectivity index (χ0) is 14.7. The number of hydrogen-bond acceptors (Lipinski definition) is 4. The number of aromatic nitrogens is 1. The van der Waals surface area contributed by atoms with E-state index >= 15 is 0 Å². The molecule has 20 heavy (non-hydrogen) atoms. The Bertz CT molecular complexity index is 631. The molecule has 0 radical (unpaired) electrons. The maximum absolute atomic E-state index is 13.7. The van der Waals surface area contributed by atoms with Crippen LogP contribution in [0.2, 0.25) is 5.02 Å². The van der Waals surface area contributed by atoms with E-state index in [1.165, 1.54) is 35.4 Å². The molecule has 0 amide bonds. The van der Waals surface area contributed by atoms with Gasteiger partial charge >= 0.3 is 5.69 Å². The average molecular weight is 296 g/mol. The van der Waals surface area contributed by atoms with Gasteiger partial charge in [0, 0.05) is 36.4 Å². The molecule has 0 bridgehead atoms. The molecule has 1 aromatic heterocycles. The summed E-state index contributed by atoms with van der Waals surface area (Å²) < 4.78 is 13.7. The third kappa shape index (κ3) is 2.85. The Kier molecular flexibility index (Phi) is 4.14. The first kappa shape index (κ1) is 14.2. The number of rotatable bonds is 4. The van der Waals surface area contributed by atoms with Crippen molar-refractivity contribution in [3.8, 4) is 0 Å². The number of anilines is 1. The molecule has 104 valence electrons. The molecule has 0 unspecified atom stereocenters. The minimum Gasteiger partial charge on any atom is -0.349 e. The Balaban J connectivity index is 2.34. The van der Waals surface area contributed by atoms with E-state index in [4.69, 9.17) is 11.6 Å². The summed E-state index contributed by atoms with van der Waals surface area (Å²) in [7, 11) is 1.60. The predicted molar refractivity (Wildman–Crippen MR) is 74.4 cm³/mol. The van der Waals surface area contributed by atoms with E-state index < -0.39 is 10.7 Å². The maximum Gasteiger partial charge on any atom is 0.311 e. The van der Waals surface area contributed by atoms with Gasteiger partial charge in [-0.2, -0.15) is 0 Å². The zero-order valence-electron chi connectivity index (χ0n) is 10.6. The highest BCUT2D eigenvalue weighted by atomic mass is 35.5. The molecule has 0 atom stereocenters. The quantitative estimate of drug-likeness (QED) is 0.640. The topological polar surface area (TPSA) is 59.3 Å². The van der Waals surface area contributed by atoms with Crippen molar-refractivity contribution in [1.29, 1.82) is 0 Å². The van der Waals surface area contributed by atoms with Gasteiger partial charge in [-0.25, -0.2) is 9.37 Å². The second-order valence-corrected chi connectivity index (χ2v) is 4.57. The first-order chi connectivity index (χ1) is 9.50. The van der Waals surface area contributed by atoms with Gasteiger partial charge in [0.05, 0.1) is 4.92 Å². The van der Waals surface area contributed by atoms with Gasteiger partial charge in [0.15, 0.2) is 0 Å². The number of halogens is 2. The lowest BCUT2D eigenvalue weighted by Crippen LogP contribution is -2.20. The van der Waals surface area contributed by atoms with Crippen molar-refractivity contribution in [3.63, 3.8) is 0 Å². The summed E-state index contributed by atoms with van der Waals surface area (Å²) in [6.45, 7) is 0.0867. The molecule has 0 N–H and O–H groups in total. The minimum absolute atomic E-state index is 0.0867. The van der Waals surface area contributed by atoms with Crippen LogP contribution < -0.4 is 4.90 Å². The van der Waals surface area contributed by atoms with Gasteiger partial charge in [0.2, 0.25) is 5.82 Å². The monoisotopic (exact) mass is 295 g/mol. The number of hydrogen-bond donors (Lipinski definition) is 0. The van der Waals surface area contributed by atoms with E-state index in [2.05, 4.69) is 4.98 Å². The SMILES string of the molecule is CN(Cc1c(F)cccc1Cl)c1ncccc1[N+](=O)[O-]. The summed E-state index contributed by atoms with van der Waals surface area (Å²) in [6, 6.07) is 7.19. The van der Waals surface area contributed by atoms with Gasteiger partial charge in [-0.05, 0) is 18.2 Å². The van der Waals surface area contributed by atoms with Crippen LogP contribution in [-0.2, 0) is 6.54 Å². The largest absolute Gasteiger partial charge is 0.349 e. The third-order valence-corrected chi connectivity index (χ3v) is 3.14. The van der Waals surface area contributed by atoms with Crippen molar-refractivity contribution in [2.75, 3.05) is 11.9 Å². The lowest BCUT2D eigenvalue weighted by atomic mass is 10.2. The average Bonchev–Trinajstić information content (AvgIpc) is 2.43. The van der Waals surface area contributed by atoms with Gasteiger partial charge in [-0.3, -0.25) is 10.1 Å². The highest BCUT2D eigenvalue weighted by Crippen LogP contribution is 2.27. The highest BCUT2D eigenvalue weighted by molar-refractivity contribution is 6.31. The summed E-state index contributed by atoms with van der Waals surface area (Å²) in [4.78, 5) is 15.9. The summed E-state index contributed by atoms with van der Waals surface area (Å²) in [6.07, 6.45) is 1.45. The molecule has 7 heteroatoms. The fraction of sp³-hybridized carbons (Fsp3) is 0.154. The standard InChI is InChI=1S/C13H11ClFN3O2/c1-17(8-9-10(14)4-2-5-11(9)15)13-12(18(19)20)6-3-7-16-13/h2-7H,8H2,1H3. The van der Waals surface area contributed by atoms with Crippen LogP contribution in [0.15, 0.2) is 36.5 Å². The van der Waals surface area contributed by atoms with Gasteiger partial charge in [-0.15, -0.1) is 0 Å². The van der Waals surface area contributed by atoms with Crippen molar-refractivity contribution in [2.24, 2.45) is 0 Å². The van der Waals surface area contributed by atoms with Crippen molar-refractivity contribution < 1.29 is 9.31 Å². The van der Waals surface area contributed by atoms with Crippen LogP contribution in [0.5, 0.6) is 0 Å². The number of benzene rings is 1. The van der Waals surface area contributed by atoms with Crippen molar-refractivity contribution in [2.45, 2.75) is 6.54 Å². The highest BCUT2D eigenvalue weighted by Gasteiger charge is 2.19. The van der Waals surface area contributed by atoms with E-state index in [0.29, 0.717) is 0 Å². The fourth-order valence-corrected chi connectivity index (χ4v) is 2.04. The van der Waals surface area contributed by atoms with Crippen LogP contribution in [0.25, 0.3) is 0 Å². The van der Waals surface area contributed by atoms with Gasteiger partial charge in [-0.1, -0.05) is 17.7 Å². The lowest BCUT2D eigenvalue weighted by molar-refractivity contribution is -0.384. The Morgan fingerprint density at radius 3 is 2.80 bits per heavy atom. The van der Waals surface area contributed by atoms with Gasteiger partial charge in [0.25, 0.3) is 0 Å². The zero-order valence-corrected chi connectivity index (χ0v) is 11.3. The maximum atomic E-state index is 13.7. The van der Waals surface area contributed by atoms with E-state index in [0.717, 1.165) is 0 Å². The van der Waals surface area contributed by atoms with Crippen LogP contribution >= 0.6 is 11.6 Å². The second kappa shape index (κ2) is 5.83. The molecule has 1 aromatic carbocycles. The van der Waals surface area contributed by atoms with E-state index in [9.17, 15) is 14.5 Å². The van der Waals surface area contributed by atoms with Crippen LogP contribution in [-0.4, -0.2) is 17.0 Å². The predicted octanol–water partition coefficient (Wildman–Crippen LogP) is 3.42. The molecule has 0 aliphatic carbocycles. The Morgan fingerprint density at radius 1 is 1.40 bits per heavy atom. The van der Waals surface area contributed by atoms with Crippen molar-refractivity contribution >= 4 is 23.1 Å². The van der Waals surface area contributed by atoms with Crippen molar-refractivity contribution in [1.82, 2.24) is 4.98 Å². The molecule has 0 spiro atoms. The molecular weight excluding hydrogens is 285 g/mol. The van der Waals surface area contributed by atoms with E-state index in [1.807, 2.05) is 0 Å². The Labute approximate surface area is 119 Å². The molecule has 0 saturated heterocycles. The third-order valence-electron chi connectivity index (χ3n) is 2.78. The number of nitrogens with zero attached hydrogens (tertiary/aromatic N) is 3. The summed E-state index contributed by atoms with van der Waals surface area (Å²) in [5, 5.41) is 11.2. The van der Waals surface area contributed by atoms with Gasteiger partial charge < -0.3 is 4.90 Å². The summed E-state index contributed by atoms with van der Waals surface area (Å²) >= 11 is 5.94. The molecule has 2 rings (SSSR count). The van der Waals surface area contributed by atoms with Crippen LogP contribution in [0.4, 0.5) is 15.9 Å². The molecule has 1 heterocycles. The molecule has 5 nitrogen and oxygen atoms in total. The molecule has 0 aliphatic rings. The first-order valence-electron chi connectivity index (χ1n) is 5.74. The summed E-state index contributed by atoms with van der Waals surface area (Å²) in [5.41, 5.74) is 0.138. The normalized spacial score (nSPS) is 10.3. The Morgan fingerprint density at radius 2 is 2.15 bits per heavy atom. The van der Waals surface area contributed by atoms with E-state index in [1.54, 1.807) is 13.1 Å². The van der Waals surface area contributed by atoms with Crippen LogP contribution in [0.3, 0.4) is 0 Å². The second-order valence-electron chi connectivity index (χ2n) is 4.16. The van der Waals surface area contributed by atoms with E-state index in [-0.39, 0.29) is 28.6 Å². The molecule has 0 saturated carbocycles. The minimum atomic E-state index is -0.526. The summed E-state index contributed by atoms with van der Waals surface area (Å²) in [5.74, 6) is -0.292. The number of nitro groups is 1. The van der Waals surface area contributed by atoms with Gasteiger partial charge in [0.1, 0.15) is 5.82 Å². The van der Waals surface area contributed by atoms with Crippen molar-refractivity contribution in [3.05, 3.63) is 63.0 Å². The molecular formula is C13H11ClFN3O2. The molecule has 0 aliphatic heterocycles.